The van der Waals surface area contributed by atoms with Gasteiger partial charge in [-0.1, -0.05) is 48.5 Å². The maximum Gasteiger partial charge on any atom is 0.240 e. The number of carbonyl (C=O) groups excluding carboxylic acids is 1. The summed E-state index contributed by atoms with van der Waals surface area (Å²) in [6.07, 6.45) is 0. The van der Waals surface area contributed by atoms with Crippen molar-refractivity contribution in [1.82, 2.24) is 19.5 Å². The van der Waals surface area contributed by atoms with Gasteiger partial charge in [0.25, 0.3) is 0 Å². The number of aromatic nitrogens is 3. The van der Waals surface area contributed by atoms with E-state index >= 15 is 0 Å². The Morgan fingerprint density at radius 1 is 1.00 bits per heavy atom. The second-order valence-electron chi connectivity index (χ2n) is 7.67. The fraction of sp³-hybridized carbons (Fsp3) is 0.160. The second-order valence-corrected chi connectivity index (χ2v) is 10.8. The topological polar surface area (TPSA) is 115 Å². The highest BCUT2D eigenvalue weighted by molar-refractivity contribution is 7.99. The first-order valence-electron chi connectivity index (χ1n) is 11.3. The number of nitrogens with one attached hydrogen (secondary N) is 2. The van der Waals surface area contributed by atoms with Gasteiger partial charge in [-0.05, 0) is 60.7 Å². The number of rotatable bonds is 11. The second kappa shape index (κ2) is 12.2. The number of thioether (sulfide) groups is 1. The molecule has 0 saturated heterocycles. The molecule has 0 aliphatic rings. The third-order valence-corrected chi connectivity index (χ3v) is 7.75. The molecule has 0 bridgehead atoms. The summed E-state index contributed by atoms with van der Waals surface area (Å²) in [6.45, 7) is 2.16. The van der Waals surface area contributed by atoms with E-state index in [9.17, 15) is 13.2 Å². The van der Waals surface area contributed by atoms with E-state index in [1.165, 1.54) is 23.9 Å². The van der Waals surface area contributed by atoms with Gasteiger partial charge in [0.15, 0.2) is 11.0 Å². The molecule has 0 radical (unpaired) electrons. The third-order valence-electron chi connectivity index (χ3n) is 5.01. The van der Waals surface area contributed by atoms with Crippen LogP contribution < -0.4 is 14.8 Å². The zero-order chi connectivity index (χ0) is 26.3. The van der Waals surface area contributed by atoms with Gasteiger partial charge in [-0.25, -0.2) is 13.1 Å². The molecule has 9 nitrogen and oxygen atoms in total. The van der Waals surface area contributed by atoms with Crippen molar-refractivity contribution in [1.29, 1.82) is 0 Å². The number of carbonyl (C=O) groups is 1. The van der Waals surface area contributed by atoms with Gasteiger partial charge in [0.1, 0.15) is 12.4 Å². The van der Waals surface area contributed by atoms with Crippen LogP contribution in [-0.2, 0) is 21.4 Å². The number of amides is 1. The quantitative estimate of drug-likeness (QED) is 0.260. The van der Waals surface area contributed by atoms with Crippen LogP contribution in [0.2, 0.25) is 5.02 Å². The zero-order valence-electron chi connectivity index (χ0n) is 19.8. The Hall–Kier alpha value is -3.38. The van der Waals surface area contributed by atoms with E-state index in [2.05, 4.69) is 20.2 Å². The normalized spacial score (nSPS) is 11.3. The summed E-state index contributed by atoms with van der Waals surface area (Å²) < 4.78 is 34.3. The molecular weight excluding hydrogens is 534 g/mol. The SMILES string of the molecule is CCNS(=O)(=O)c1ccc(NC(=O)CSc2nnc(COc3ccc(Cl)cc3)n2-c2ccccc2)cc1. The summed E-state index contributed by atoms with van der Waals surface area (Å²) in [6, 6.07) is 22.6. The molecule has 0 aliphatic carbocycles. The zero-order valence-corrected chi connectivity index (χ0v) is 22.2. The molecule has 0 unspecified atom stereocenters. The molecule has 0 saturated carbocycles. The lowest BCUT2D eigenvalue weighted by molar-refractivity contribution is -0.113. The molecule has 4 rings (SSSR count). The minimum atomic E-state index is -3.56. The summed E-state index contributed by atoms with van der Waals surface area (Å²) in [7, 11) is -3.56. The number of nitrogens with zero attached hydrogens (tertiary/aromatic N) is 3. The molecule has 12 heteroatoms. The number of halogens is 1. The fourth-order valence-electron chi connectivity index (χ4n) is 3.32. The van der Waals surface area contributed by atoms with Crippen molar-refractivity contribution in [3.8, 4) is 11.4 Å². The number of ether oxygens (including phenoxy) is 1. The van der Waals surface area contributed by atoms with E-state index in [1.54, 1.807) is 43.3 Å². The molecule has 192 valence electrons. The number of sulfonamides is 1. The number of benzene rings is 3. The van der Waals surface area contributed by atoms with Gasteiger partial charge in [0.05, 0.1) is 10.6 Å². The number of para-hydroxylation sites is 1. The van der Waals surface area contributed by atoms with Crippen LogP contribution in [0, 0.1) is 0 Å². The maximum atomic E-state index is 12.6. The van der Waals surface area contributed by atoms with E-state index in [0.717, 1.165) is 5.69 Å². The first-order chi connectivity index (χ1) is 17.9. The molecule has 1 heterocycles. The molecule has 4 aromatic rings. The minimum absolute atomic E-state index is 0.0699. The van der Waals surface area contributed by atoms with Crippen molar-refractivity contribution < 1.29 is 17.9 Å². The van der Waals surface area contributed by atoms with E-state index in [1.807, 2.05) is 34.9 Å². The molecule has 0 spiro atoms. The highest BCUT2D eigenvalue weighted by Gasteiger charge is 2.17. The van der Waals surface area contributed by atoms with Crippen LogP contribution in [0.3, 0.4) is 0 Å². The van der Waals surface area contributed by atoms with Gasteiger partial charge in [-0.15, -0.1) is 10.2 Å². The first kappa shape index (κ1) is 26.7. The summed E-state index contributed by atoms with van der Waals surface area (Å²) in [5.74, 6) is 1.01. The predicted molar refractivity (Wildman–Crippen MR) is 144 cm³/mol. The molecule has 3 aromatic carbocycles. The first-order valence-corrected chi connectivity index (χ1v) is 14.1. The lowest BCUT2D eigenvalue weighted by Crippen LogP contribution is -2.23. The highest BCUT2D eigenvalue weighted by atomic mass is 35.5. The van der Waals surface area contributed by atoms with E-state index < -0.39 is 10.0 Å². The lowest BCUT2D eigenvalue weighted by Gasteiger charge is -2.11. The average Bonchev–Trinajstić information content (AvgIpc) is 3.31. The van der Waals surface area contributed by atoms with E-state index in [0.29, 0.717) is 34.0 Å². The van der Waals surface area contributed by atoms with Gasteiger partial charge in [-0.3, -0.25) is 9.36 Å². The number of anilines is 1. The van der Waals surface area contributed by atoms with Crippen LogP contribution in [0.4, 0.5) is 5.69 Å². The molecular formula is C25H24ClN5O4S2. The van der Waals surface area contributed by atoms with Gasteiger partial charge >= 0.3 is 0 Å². The smallest absolute Gasteiger partial charge is 0.240 e. The molecule has 2 N–H and O–H groups in total. The van der Waals surface area contributed by atoms with Crippen molar-refractivity contribution in [2.45, 2.75) is 23.6 Å². The van der Waals surface area contributed by atoms with Gasteiger partial charge in [-0.2, -0.15) is 0 Å². The Bertz CT molecular complexity index is 1440. The van der Waals surface area contributed by atoms with Crippen molar-refractivity contribution in [2.75, 3.05) is 17.6 Å². The fourth-order valence-corrected chi connectivity index (χ4v) is 5.26. The Morgan fingerprint density at radius 2 is 1.70 bits per heavy atom. The lowest BCUT2D eigenvalue weighted by atomic mass is 10.3. The van der Waals surface area contributed by atoms with Crippen LogP contribution in [0.25, 0.3) is 5.69 Å². The van der Waals surface area contributed by atoms with Crippen LogP contribution in [0.5, 0.6) is 5.75 Å². The summed E-state index contributed by atoms with van der Waals surface area (Å²) in [4.78, 5) is 12.7. The Kier molecular flexibility index (Phi) is 8.82. The highest BCUT2D eigenvalue weighted by Crippen LogP contribution is 2.24. The van der Waals surface area contributed by atoms with E-state index in [-0.39, 0.29) is 23.2 Å². The van der Waals surface area contributed by atoms with E-state index in [4.69, 9.17) is 16.3 Å². The molecule has 1 amide bonds. The largest absolute Gasteiger partial charge is 0.486 e. The van der Waals surface area contributed by atoms with Gasteiger partial charge in [0, 0.05) is 22.9 Å². The Balaban J connectivity index is 1.43. The molecule has 0 aliphatic heterocycles. The van der Waals surface area contributed by atoms with Crippen LogP contribution in [0.15, 0.2) is 88.9 Å². The summed E-state index contributed by atoms with van der Waals surface area (Å²) in [5, 5.41) is 12.5. The predicted octanol–water partition coefficient (Wildman–Crippen LogP) is 4.53. The number of hydrogen-bond donors (Lipinski definition) is 2. The molecule has 0 fully saturated rings. The minimum Gasteiger partial charge on any atom is -0.486 e. The number of hydrogen-bond acceptors (Lipinski definition) is 7. The summed E-state index contributed by atoms with van der Waals surface area (Å²) in [5.41, 5.74) is 1.32. The Morgan fingerprint density at radius 3 is 2.38 bits per heavy atom. The van der Waals surface area contributed by atoms with Crippen molar-refractivity contribution in [3.63, 3.8) is 0 Å². The summed E-state index contributed by atoms with van der Waals surface area (Å²) >= 11 is 7.17. The van der Waals surface area contributed by atoms with Crippen molar-refractivity contribution in [2.24, 2.45) is 0 Å². The van der Waals surface area contributed by atoms with Crippen LogP contribution >= 0.6 is 23.4 Å². The van der Waals surface area contributed by atoms with Crippen LogP contribution in [-0.4, -0.2) is 41.4 Å². The van der Waals surface area contributed by atoms with Gasteiger partial charge < -0.3 is 10.1 Å². The standard InChI is InChI=1S/C25H24ClN5O4S2/c1-2-27-37(33,34)22-14-10-19(11-15-22)28-24(32)17-36-25-30-29-23(31(25)20-6-4-3-5-7-20)16-35-21-12-8-18(26)9-13-21/h3-15,27H,2,16-17H2,1H3,(H,28,32). The Labute approximate surface area is 224 Å². The monoisotopic (exact) mass is 557 g/mol. The van der Waals surface area contributed by atoms with Crippen LogP contribution in [0.1, 0.15) is 12.7 Å². The maximum absolute atomic E-state index is 12.6. The van der Waals surface area contributed by atoms with Crippen molar-refractivity contribution in [3.05, 3.63) is 89.7 Å². The average molecular weight is 558 g/mol. The van der Waals surface area contributed by atoms with Crippen molar-refractivity contribution >= 4 is 45.0 Å². The molecule has 37 heavy (non-hydrogen) atoms. The van der Waals surface area contributed by atoms with Gasteiger partial charge in [0.2, 0.25) is 15.9 Å². The molecule has 1 aromatic heterocycles. The molecule has 0 atom stereocenters. The third kappa shape index (κ3) is 7.10.